The predicted octanol–water partition coefficient (Wildman–Crippen LogP) is 4.38. The van der Waals surface area contributed by atoms with Gasteiger partial charge in [-0.15, -0.1) is 0 Å². The zero-order chi connectivity index (χ0) is 27.6. The summed E-state index contributed by atoms with van der Waals surface area (Å²) < 4.78 is 32.7. The summed E-state index contributed by atoms with van der Waals surface area (Å²) in [5, 5.41) is 0. The molecule has 40 heavy (non-hydrogen) atoms. The third-order valence-corrected chi connectivity index (χ3v) is 12.2. The average Bonchev–Trinajstić information content (AvgIpc) is 3.54. The molecule has 4 aliphatic heterocycles. The molecule has 0 saturated carbocycles. The van der Waals surface area contributed by atoms with Gasteiger partial charge in [0.2, 0.25) is 10.0 Å². The number of nitrogens with zero attached hydrogens (tertiary/aromatic N) is 4. The van der Waals surface area contributed by atoms with Crippen LogP contribution in [0.2, 0.25) is 0 Å². The first kappa shape index (κ1) is 28.9. The first-order valence-electron chi connectivity index (χ1n) is 15.4. The molecule has 7 nitrogen and oxygen atoms in total. The summed E-state index contributed by atoms with van der Waals surface area (Å²) in [4.78, 5) is 10.5. The summed E-state index contributed by atoms with van der Waals surface area (Å²) in [6.45, 7) is 6.62. The van der Waals surface area contributed by atoms with Crippen LogP contribution in [0, 0.1) is 0 Å². The lowest BCUT2D eigenvalue weighted by Crippen LogP contribution is -2.48. The molecular weight excluding hydrogens is 541 g/mol. The van der Waals surface area contributed by atoms with Gasteiger partial charge >= 0.3 is 0 Å². The molecule has 3 atom stereocenters. The Hall–Kier alpha value is -1.23. The van der Waals surface area contributed by atoms with E-state index in [9.17, 15) is 8.42 Å². The quantitative estimate of drug-likeness (QED) is 0.470. The number of likely N-dealkylation sites (tertiary alicyclic amines) is 1. The van der Waals surface area contributed by atoms with Crippen molar-refractivity contribution in [3.63, 3.8) is 0 Å². The van der Waals surface area contributed by atoms with Gasteiger partial charge in [-0.1, -0.05) is 24.3 Å². The Balaban J connectivity index is 1.34. The van der Waals surface area contributed by atoms with Gasteiger partial charge in [-0.3, -0.25) is 14.8 Å². The Morgan fingerprint density at radius 3 is 2.52 bits per heavy atom. The molecule has 3 unspecified atom stereocenters. The van der Waals surface area contributed by atoms with Crippen molar-refractivity contribution in [2.24, 2.45) is 0 Å². The van der Waals surface area contributed by atoms with E-state index in [4.69, 9.17) is 9.72 Å². The van der Waals surface area contributed by atoms with Crippen LogP contribution in [-0.2, 0) is 21.2 Å². The van der Waals surface area contributed by atoms with E-state index in [-0.39, 0.29) is 11.6 Å². The molecule has 0 bridgehead atoms. The Bertz CT molecular complexity index is 1180. The first-order valence-corrected chi connectivity index (χ1v) is 18.4. The van der Waals surface area contributed by atoms with Crippen LogP contribution < -0.4 is 0 Å². The van der Waals surface area contributed by atoms with E-state index < -0.39 is 10.0 Å². The van der Waals surface area contributed by atoms with Crippen LogP contribution in [0.4, 0.5) is 0 Å². The van der Waals surface area contributed by atoms with Crippen LogP contribution in [0.25, 0.3) is 0 Å². The molecule has 6 rings (SSSR count). The van der Waals surface area contributed by atoms with Gasteiger partial charge in [0.25, 0.3) is 0 Å². The van der Waals surface area contributed by atoms with Crippen LogP contribution in [0.1, 0.15) is 73.8 Å². The van der Waals surface area contributed by atoms with Gasteiger partial charge in [-0.2, -0.15) is 11.8 Å². The third-order valence-electron chi connectivity index (χ3n) is 9.96. The van der Waals surface area contributed by atoms with E-state index in [1.807, 2.05) is 6.20 Å². The number of pyridine rings is 1. The lowest BCUT2D eigenvalue weighted by atomic mass is 9.77. The van der Waals surface area contributed by atoms with Gasteiger partial charge in [-0.25, -0.2) is 12.7 Å². The molecule has 5 aliphatic rings. The summed E-state index contributed by atoms with van der Waals surface area (Å²) in [6, 6.07) is 2.79. The molecule has 220 valence electrons. The number of aromatic nitrogens is 1. The molecule has 0 radical (unpaired) electrons. The molecule has 0 spiro atoms. The second-order valence-electron chi connectivity index (χ2n) is 12.4. The number of piperidine rings is 1. The third kappa shape index (κ3) is 6.25. The fourth-order valence-electron chi connectivity index (χ4n) is 7.72. The maximum Gasteiger partial charge on any atom is 0.211 e. The molecule has 4 saturated heterocycles. The molecule has 0 amide bonds. The van der Waals surface area contributed by atoms with Crippen molar-refractivity contribution in [3.05, 3.63) is 53.4 Å². The number of allylic oxidation sites excluding steroid dienone is 2. The maximum atomic E-state index is 12.2. The van der Waals surface area contributed by atoms with E-state index in [1.165, 1.54) is 54.8 Å². The molecule has 0 aromatic carbocycles. The van der Waals surface area contributed by atoms with Crippen molar-refractivity contribution < 1.29 is 13.2 Å². The normalized spacial score (nSPS) is 31.6. The van der Waals surface area contributed by atoms with Crippen molar-refractivity contribution in [3.8, 4) is 0 Å². The minimum absolute atomic E-state index is 0.0122. The summed E-state index contributed by atoms with van der Waals surface area (Å²) in [6.07, 6.45) is 20.9. The second-order valence-corrected chi connectivity index (χ2v) is 15.6. The van der Waals surface area contributed by atoms with Crippen LogP contribution in [0.15, 0.2) is 36.6 Å². The van der Waals surface area contributed by atoms with Gasteiger partial charge in [0.15, 0.2) is 0 Å². The van der Waals surface area contributed by atoms with Crippen molar-refractivity contribution in [1.29, 1.82) is 0 Å². The zero-order valence-corrected chi connectivity index (χ0v) is 25.7. The molecule has 1 aliphatic carbocycles. The van der Waals surface area contributed by atoms with Gasteiger partial charge in [0.05, 0.1) is 11.9 Å². The van der Waals surface area contributed by atoms with Crippen LogP contribution in [0.5, 0.6) is 0 Å². The van der Waals surface area contributed by atoms with Crippen molar-refractivity contribution >= 4 is 21.8 Å². The average molecular weight is 587 g/mol. The highest BCUT2D eigenvalue weighted by molar-refractivity contribution is 7.99. The van der Waals surface area contributed by atoms with Gasteiger partial charge in [0, 0.05) is 62.1 Å². The van der Waals surface area contributed by atoms with E-state index >= 15 is 0 Å². The number of sulfonamides is 1. The van der Waals surface area contributed by atoms with E-state index in [2.05, 4.69) is 51.9 Å². The lowest BCUT2D eigenvalue weighted by molar-refractivity contribution is -0.0294. The molecular formula is C31H46N4O3S2. The standard InChI is InChI=1S/C31H46N4O3S2/c1-40(36,37)35-16-8-25(9-17-35)27-7-13-32-30(29-23-26(10-20-38-29)33-18-21-39-22-19-33)28(27)24-31(11-3-2-4-12-31)34-14-5-6-15-34/h2-4,7,11,13,25-26,29H,5-6,8-10,12,14-24H2,1H3. The van der Waals surface area contributed by atoms with Crippen LogP contribution in [0.3, 0.4) is 0 Å². The predicted molar refractivity (Wildman–Crippen MR) is 163 cm³/mol. The van der Waals surface area contributed by atoms with E-state index in [0.29, 0.717) is 25.0 Å². The van der Waals surface area contributed by atoms with E-state index in [1.54, 1.807) is 4.31 Å². The highest BCUT2D eigenvalue weighted by atomic mass is 32.2. The maximum absolute atomic E-state index is 12.2. The van der Waals surface area contributed by atoms with Crippen LogP contribution in [-0.4, -0.2) is 103 Å². The summed E-state index contributed by atoms with van der Waals surface area (Å²) in [5.41, 5.74) is 3.84. The van der Waals surface area contributed by atoms with E-state index in [0.717, 1.165) is 63.9 Å². The fraction of sp³-hybridized carbons (Fsp3) is 0.710. The molecule has 4 fully saturated rings. The minimum Gasteiger partial charge on any atom is -0.372 e. The largest absolute Gasteiger partial charge is 0.372 e. The number of ether oxygens (including phenoxy) is 1. The number of rotatable bonds is 7. The zero-order valence-electron chi connectivity index (χ0n) is 24.0. The van der Waals surface area contributed by atoms with Crippen molar-refractivity contribution in [1.82, 2.24) is 19.1 Å². The Morgan fingerprint density at radius 2 is 1.82 bits per heavy atom. The first-order chi connectivity index (χ1) is 19.4. The van der Waals surface area contributed by atoms with Gasteiger partial charge in [-0.05, 0) is 87.6 Å². The summed E-state index contributed by atoms with van der Waals surface area (Å²) >= 11 is 2.07. The molecule has 0 N–H and O–H groups in total. The number of hydrogen-bond acceptors (Lipinski definition) is 7. The van der Waals surface area contributed by atoms with Gasteiger partial charge in [0.1, 0.15) is 6.10 Å². The van der Waals surface area contributed by atoms with Crippen molar-refractivity contribution in [2.75, 3.05) is 63.6 Å². The number of thioether (sulfide) groups is 1. The van der Waals surface area contributed by atoms with Gasteiger partial charge < -0.3 is 4.74 Å². The highest BCUT2D eigenvalue weighted by Crippen LogP contribution is 2.41. The molecule has 1 aromatic rings. The molecule has 9 heteroatoms. The smallest absolute Gasteiger partial charge is 0.211 e. The Morgan fingerprint density at radius 1 is 1.05 bits per heavy atom. The number of hydrogen-bond donors (Lipinski definition) is 0. The SMILES string of the molecule is CS(=O)(=O)N1CCC(c2ccnc(C3CC(N4CCSCC4)CCO3)c2CC2(N3CCCC3)C=CC=CC2)CC1. The highest BCUT2D eigenvalue weighted by Gasteiger charge is 2.40. The fourth-order valence-corrected chi connectivity index (χ4v) is 9.52. The summed E-state index contributed by atoms with van der Waals surface area (Å²) in [5.74, 6) is 2.79. The van der Waals surface area contributed by atoms with Crippen LogP contribution >= 0.6 is 11.8 Å². The topological polar surface area (TPSA) is 66.0 Å². The monoisotopic (exact) mass is 586 g/mol. The summed E-state index contributed by atoms with van der Waals surface area (Å²) in [7, 11) is -3.16. The molecule has 5 heterocycles. The Kier molecular flexibility index (Phi) is 9.06. The Labute approximate surface area is 245 Å². The lowest BCUT2D eigenvalue weighted by Gasteiger charge is -2.43. The molecule has 1 aromatic heterocycles. The minimum atomic E-state index is -3.16. The second kappa shape index (κ2) is 12.6. The van der Waals surface area contributed by atoms with Crippen molar-refractivity contribution in [2.45, 2.75) is 75.0 Å².